The molecule has 2 aromatic rings. The number of benzene rings is 2. The summed E-state index contributed by atoms with van der Waals surface area (Å²) in [6.45, 7) is 5.03. The molecule has 1 saturated heterocycles. The van der Waals surface area contributed by atoms with Crippen LogP contribution < -0.4 is 5.48 Å². The zero-order valence-electron chi connectivity index (χ0n) is 16.5. The molecule has 1 fully saturated rings. The van der Waals surface area contributed by atoms with Gasteiger partial charge in [0.15, 0.2) is 14.6 Å². The average molecular weight is 435 g/mol. The number of carbonyl (C=O) groups is 1. The van der Waals surface area contributed by atoms with Crippen molar-refractivity contribution in [1.29, 1.82) is 0 Å². The number of hydrogen-bond donors (Lipinski definition) is 2. The predicted octanol–water partition coefficient (Wildman–Crippen LogP) is 3.36. The highest BCUT2D eigenvalue weighted by Gasteiger charge is 2.53. The van der Waals surface area contributed by atoms with Crippen LogP contribution in [0.1, 0.15) is 26.7 Å². The van der Waals surface area contributed by atoms with E-state index in [0.29, 0.717) is 13.1 Å². The Bertz CT molecular complexity index is 936. The highest BCUT2D eigenvalue weighted by molar-refractivity contribution is 7.99. The second kappa shape index (κ2) is 8.87. The van der Waals surface area contributed by atoms with E-state index >= 15 is 0 Å². The van der Waals surface area contributed by atoms with Gasteiger partial charge in [0.1, 0.15) is 0 Å². The molecule has 0 spiro atoms. The van der Waals surface area contributed by atoms with E-state index in [-0.39, 0.29) is 23.8 Å². The number of hydroxylamine groups is 1. The molecule has 1 aliphatic heterocycles. The number of sulfone groups is 1. The second-order valence-corrected chi connectivity index (χ2v) is 10.9. The van der Waals surface area contributed by atoms with Crippen LogP contribution in [0, 0.1) is 0 Å². The van der Waals surface area contributed by atoms with Crippen molar-refractivity contribution >= 4 is 27.5 Å². The summed E-state index contributed by atoms with van der Waals surface area (Å²) >= 11 is 1.54. The highest BCUT2D eigenvalue weighted by Crippen LogP contribution is 2.37. The SMILES string of the molecule is CC(C)N1CCC(C(=O)NO)(S(=O)(=O)c2ccc(Sc3ccccc3)cc2)CC1. The van der Waals surface area contributed by atoms with E-state index in [0.717, 1.165) is 9.79 Å². The third-order valence-corrected chi connectivity index (χ3v) is 9.01. The summed E-state index contributed by atoms with van der Waals surface area (Å²) in [5.74, 6) is -0.858. The van der Waals surface area contributed by atoms with Crippen molar-refractivity contribution in [3.05, 3.63) is 54.6 Å². The zero-order chi connectivity index (χ0) is 21.1. The van der Waals surface area contributed by atoms with Crippen molar-refractivity contribution in [2.45, 2.75) is 52.2 Å². The Morgan fingerprint density at radius 3 is 2.10 bits per heavy atom. The van der Waals surface area contributed by atoms with Gasteiger partial charge >= 0.3 is 0 Å². The predicted molar refractivity (Wildman–Crippen MR) is 113 cm³/mol. The van der Waals surface area contributed by atoms with Crippen LogP contribution in [0.3, 0.4) is 0 Å². The Morgan fingerprint density at radius 2 is 1.59 bits per heavy atom. The number of nitrogens with one attached hydrogen (secondary N) is 1. The van der Waals surface area contributed by atoms with Gasteiger partial charge in [0, 0.05) is 28.9 Å². The van der Waals surface area contributed by atoms with Crippen LogP contribution >= 0.6 is 11.8 Å². The lowest BCUT2D eigenvalue weighted by molar-refractivity contribution is -0.133. The van der Waals surface area contributed by atoms with Crippen molar-refractivity contribution in [3.63, 3.8) is 0 Å². The van der Waals surface area contributed by atoms with Gasteiger partial charge in [-0.3, -0.25) is 10.0 Å². The van der Waals surface area contributed by atoms with Gasteiger partial charge in [-0.15, -0.1) is 0 Å². The number of nitrogens with zero attached hydrogens (tertiary/aromatic N) is 1. The lowest BCUT2D eigenvalue weighted by Gasteiger charge is -2.40. The molecule has 3 rings (SSSR count). The standard InChI is InChI=1S/C21H26N2O4S2/c1-16(2)23-14-12-21(13-15-23,20(24)22-25)29(26,27)19-10-8-18(9-11-19)28-17-6-4-3-5-7-17/h3-11,16,25H,12-15H2,1-2H3,(H,22,24). The lowest BCUT2D eigenvalue weighted by atomic mass is 9.94. The minimum absolute atomic E-state index is 0.0940. The highest BCUT2D eigenvalue weighted by atomic mass is 32.2. The molecule has 0 unspecified atom stereocenters. The molecule has 6 nitrogen and oxygen atoms in total. The van der Waals surface area contributed by atoms with E-state index in [9.17, 15) is 18.4 Å². The van der Waals surface area contributed by atoms with Crippen LogP contribution in [0.5, 0.6) is 0 Å². The maximum absolute atomic E-state index is 13.5. The Morgan fingerprint density at radius 1 is 1.03 bits per heavy atom. The van der Waals surface area contributed by atoms with E-state index < -0.39 is 20.5 Å². The topological polar surface area (TPSA) is 86.7 Å². The van der Waals surface area contributed by atoms with Crippen LogP contribution in [-0.2, 0) is 14.6 Å². The van der Waals surface area contributed by atoms with Crippen LogP contribution in [0.15, 0.2) is 69.3 Å². The van der Waals surface area contributed by atoms with Crippen molar-refractivity contribution in [2.24, 2.45) is 0 Å². The Balaban J connectivity index is 1.87. The number of hydrogen-bond acceptors (Lipinski definition) is 6. The van der Waals surface area contributed by atoms with E-state index in [1.165, 1.54) is 11.8 Å². The molecule has 0 bridgehead atoms. The van der Waals surface area contributed by atoms with Crippen molar-refractivity contribution in [2.75, 3.05) is 13.1 Å². The molecular formula is C21H26N2O4S2. The third-order valence-electron chi connectivity index (χ3n) is 5.48. The average Bonchev–Trinajstić information content (AvgIpc) is 2.74. The summed E-state index contributed by atoms with van der Waals surface area (Å²) in [7, 11) is -3.98. The molecule has 0 atom stereocenters. The summed E-state index contributed by atoms with van der Waals surface area (Å²) in [6, 6.07) is 16.7. The Hall–Kier alpha value is -1.87. The Kier molecular flexibility index (Phi) is 6.68. The lowest BCUT2D eigenvalue weighted by Crippen LogP contribution is -2.58. The van der Waals surface area contributed by atoms with E-state index in [4.69, 9.17) is 0 Å². The molecule has 29 heavy (non-hydrogen) atoms. The molecule has 0 saturated carbocycles. The summed E-state index contributed by atoms with van der Waals surface area (Å²) < 4.78 is 25.3. The molecule has 0 aromatic heterocycles. The van der Waals surface area contributed by atoms with Crippen molar-refractivity contribution in [3.8, 4) is 0 Å². The van der Waals surface area contributed by atoms with Gasteiger partial charge in [-0.05, 0) is 63.1 Å². The fourth-order valence-corrected chi connectivity index (χ4v) is 6.45. The minimum atomic E-state index is -3.98. The van der Waals surface area contributed by atoms with Gasteiger partial charge in [0.05, 0.1) is 4.90 Å². The first-order valence-corrected chi connectivity index (χ1v) is 11.9. The molecule has 2 aromatic carbocycles. The normalized spacial score (nSPS) is 17.2. The zero-order valence-corrected chi connectivity index (χ0v) is 18.2. The molecule has 1 amide bonds. The van der Waals surface area contributed by atoms with Gasteiger partial charge in [-0.1, -0.05) is 30.0 Å². The van der Waals surface area contributed by atoms with Crippen LogP contribution in [0.25, 0.3) is 0 Å². The van der Waals surface area contributed by atoms with Crippen molar-refractivity contribution in [1.82, 2.24) is 10.4 Å². The minimum Gasteiger partial charge on any atom is -0.301 e. The van der Waals surface area contributed by atoms with Crippen LogP contribution in [0.2, 0.25) is 0 Å². The summed E-state index contributed by atoms with van der Waals surface area (Å²) in [6.07, 6.45) is 0.279. The number of amides is 1. The maximum Gasteiger partial charge on any atom is 0.265 e. The van der Waals surface area contributed by atoms with Crippen LogP contribution in [0.4, 0.5) is 0 Å². The first-order valence-electron chi connectivity index (χ1n) is 9.56. The fraction of sp³-hybridized carbons (Fsp3) is 0.381. The van der Waals surface area contributed by atoms with Gasteiger partial charge < -0.3 is 4.90 Å². The van der Waals surface area contributed by atoms with Gasteiger partial charge in [0.2, 0.25) is 0 Å². The van der Waals surface area contributed by atoms with E-state index in [2.05, 4.69) is 4.90 Å². The molecule has 156 valence electrons. The molecular weight excluding hydrogens is 408 g/mol. The van der Waals surface area contributed by atoms with E-state index in [1.807, 2.05) is 44.2 Å². The number of rotatable bonds is 6. The summed E-state index contributed by atoms with van der Waals surface area (Å²) in [5.41, 5.74) is 1.60. The molecule has 1 aliphatic rings. The quantitative estimate of drug-likeness (QED) is 0.536. The summed E-state index contributed by atoms with van der Waals surface area (Å²) in [4.78, 5) is 16.7. The molecule has 0 aliphatic carbocycles. The van der Waals surface area contributed by atoms with Gasteiger partial charge in [-0.25, -0.2) is 13.9 Å². The van der Waals surface area contributed by atoms with E-state index in [1.54, 1.807) is 29.7 Å². The molecule has 0 radical (unpaired) electrons. The first kappa shape index (κ1) is 21.8. The van der Waals surface area contributed by atoms with Gasteiger partial charge in [0.25, 0.3) is 5.91 Å². The second-order valence-electron chi connectivity index (χ2n) is 7.45. The Labute approximate surface area is 176 Å². The number of carbonyl (C=O) groups excluding carboxylic acids is 1. The maximum atomic E-state index is 13.5. The van der Waals surface area contributed by atoms with Crippen molar-refractivity contribution < 1.29 is 18.4 Å². The first-order chi connectivity index (χ1) is 13.8. The summed E-state index contributed by atoms with van der Waals surface area (Å²) in [5, 5.41) is 9.26. The third kappa shape index (κ3) is 4.35. The smallest absolute Gasteiger partial charge is 0.265 e. The number of piperidine rings is 1. The fourth-order valence-electron chi connectivity index (χ4n) is 3.66. The largest absolute Gasteiger partial charge is 0.301 e. The molecule has 8 heteroatoms. The molecule has 2 N–H and O–H groups in total. The van der Waals surface area contributed by atoms with Crippen LogP contribution in [-0.4, -0.2) is 48.3 Å². The monoisotopic (exact) mass is 434 g/mol. The molecule has 1 heterocycles. The van der Waals surface area contributed by atoms with Gasteiger partial charge in [-0.2, -0.15) is 0 Å². The number of likely N-dealkylation sites (tertiary alicyclic amines) is 1.